The molecule has 0 rings (SSSR count). The Bertz CT molecular complexity index is 1350. The van der Waals surface area contributed by atoms with E-state index >= 15 is 0 Å². The number of quaternary nitrogens is 1. The average molecular weight is 911 g/mol. The molecule has 0 radical (unpaired) electrons. The average Bonchev–Trinajstić information content (AvgIpc) is 3.23. The summed E-state index contributed by atoms with van der Waals surface area (Å²) < 4.78 is 34.1. The number of unbranched alkanes of at least 4 members (excludes halogenated alkanes) is 15. The van der Waals surface area contributed by atoms with Gasteiger partial charge < -0.3 is 34.2 Å². The number of phosphoric acid groups is 1. The minimum Gasteiger partial charge on any atom is -0.462 e. The van der Waals surface area contributed by atoms with Gasteiger partial charge in [0.2, 0.25) is 0 Å². The van der Waals surface area contributed by atoms with Crippen LogP contribution < -0.4 is 0 Å². The summed E-state index contributed by atoms with van der Waals surface area (Å²) >= 11 is 0. The molecule has 0 saturated heterocycles. The summed E-state index contributed by atoms with van der Waals surface area (Å²) in [4.78, 5) is 35.5. The normalized spacial score (nSPS) is 15.6. The van der Waals surface area contributed by atoms with E-state index in [1.807, 2.05) is 40.2 Å². The van der Waals surface area contributed by atoms with Crippen molar-refractivity contribution in [3.05, 3.63) is 72.9 Å². The molecule has 4 N–H and O–H groups in total. The number of allylic oxidation sites excluding steroid dienone is 9. The first-order valence-corrected chi connectivity index (χ1v) is 25.5. The number of carbonyl (C=O) groups excluding carboxylic acids is 2. The van der Waals surface area contributed by atoms with Crippen LogP contribution in [0.15, 0.2) is 72.9 Å². The summed E-state index contributed by atoms with van der Waals surface area (Å²) in [5.41, 5.74) is 0. The Morgan fingerprint density at radius 1 is 0.619 bits per heavy atom. The Labute approximate surface area is 382 Å². The first kappa shape index (κ1) is 60.3. The number of ether oxygens (including phenoxy) is 2. The fraction of sp³-hybridized carbons (Fsp3) is 0.720. The van der Waals surface area contributed by atoms with E-state index in [1.54, 1.807) is 42.5 Å². The summed E-state index contributed by atoms with van der Waals surface area (Å²) in [6.45, 7) is 3.82. The molecule has 0 aliphatic heterocycles. The number of aliphatic hydroxyl groups is 3. The first-order valence-electron chi connectivity index (χ1n) is 24.0. The minimum atomic E-state index is -4.48. The second-order valence-corrected chi connectivity index (χ2v) is 18.8. The molecule has 0 aromatic heterocycles. The Morgan fingerprint density at radius 2 is 1.16 bits per heavy atom. The van der Waals surface area contributed by atoms with Gasteiger partial charge in [-0.05, 0) is 57.8 Å². The zero-order chi connectivity index (χ0) is 46.9. The van der Waals surface area contributed by atoms with E-state index in [0.29, 0.717) is 23.9 Å². The number of likely N-dealkylation sites (N-methyl/N-ethyl adjacent to an activating group) is 1. The van der Waals surface area contributed by atoms with Gasteiger partial charge in [0, 0.05) is 12.8 Å². The Morgan fingerprint density at radius 3 is 1.75 bits per heavy atom. The quantitative estimate of drug-likeness (QED) is 0.0115. The van der Waals surface area contributed by atoms with Crippen LogP contribution in [0.5, 0.6) is 0 Å². The molecule has 0 aliphatic carbocycles. The van der Waals surface area contributed by atoms with Gasteiger partial charge in [-0.3, -0.25) is 18.6 Å². The van der Waals surface area contributed by atoms with Crippen LogP contribution in [-0.2, 0) is 32.7 Å². The van der Waals surface area contributed by atoms with Crippen molar-refractivity contribution < 1.29 is 57.4 Å². The van der Waals surface area contributed by atoms with Gasteiger partial charge in [0.1, 0.15) is 19.8 Å². The van der Waals surface area contributed by atoms with E-state index in [1.165, 1.54) is 89.5 Å². The van der Waals surface area contributed by atoms with Crippen molar-refractivity contribution >= 4 is 19.8 Å². The molecule has 13 heteroatoms. The van der Waals surface area contributed by atoms with E-state index in [-0.39, 0.29) is 38.9 Å². The lowest BCUT2D eigenvalue weighted by Crippen LogP contribution is -2.37. The van der Waals surface area contributed by atoms with Crippen LogP contribution in [-0.4, -0.2) is 109 Å². The molecule has 5 atom stereocenters. The van der Waals surface area contributed by atoms with Gasteiger partial charge in [-0.25, -0.2) is 4.57 Å². The van der Waals surface area contributed by atoms with Gasteiger partial charge in [0.25, 0.3) is 0 Å². The van der Waals surface area contributed by atoms with Crippen molar-refractivity contribution in [2.75, 3.05) is 47.5 Å². The molecule has 0 saturated carbocycles. The van der Waals surface area contributed by atoms with Crippen LogP contribution in [0.4, 0.5) is 0 Å². The molecule has 364 valence electrons. The predicted molar refractivity (Wildman–Crippen MR) is 256 cm³/mol. The van der Waals surface area contributed by atoms with Crippen LogP contribution in [0.3, 0.4) is 0 Å². The minimum absolute atomic E-state index is 0.0360. The molecule has 0 aromatic rings. The predicted octanol–water partition coefficient (Wildman–Crippen LogP) is 10.7. The number of hydrogen-bond acceptors (Lipinski definition) is 10. The molecule has 0 aliphatic rings. The van der Waals surface area contributed by atoms with Crippen molar-refractivity contribution in [3.63, 3.8) is 0 Å². The molecule has 0 heterocycles. The third-order valence-corrected chi connectivity index (χ3v) is 11.0. The van der Waals surface area contributed by atoms with Gasteiger partial charge in [-0.15, -0.1) is 0 Å². The van der Waals surface area contributed by atoms with Crippen LogP contribution in [0.25, 0.3) is 0 Å². The summed E-state index contributed by atoms with van der Waals surface area (Å²) in [6, 6.07) is 0. The van der Waals surface area contributed by atoms with Gasteiger partial charge in [0.05, 0.1) is 46.1 Å². The molecular weight excluding hydrogens is 822 g/mol. The first-order chi connectivity index (χ1) is 30.2. The zero-order valence-corrected chi connectivity index (χ0v) is 40.8. The molecule has 12 nitrogen and oxygen atoms in total. The second-order valence-electron chi connectivity index (χ2n) is 17.3. The molecule has 1 unspecified atom stereocenters. The lowest BCUT2D eigenvalue weighted by Gasteiger charge is -2.24. The van der Waals surface area contributed by atoms with Crippen molar-refractivity contribution in [1.29, 1.82) is 0 Å². The van der Waals surface area contributed by atoms with Crippen LogP contribution in [0.2, 0.25) is 0 Å². The smallest absolute Gasteiger partial charge is 0.462 e. The molecule has 0 fully saturated rings. The third kappa shape index (κ3) is 43.0. The van der Waals surface area contributed by atoms with Crippen molar-refractivity contribution in [2.45, 2.75) is 186 Å². The zero-order valence-electron chi connectivity index (χ0n) is 39.9. The number of esters is 2. The third-order valence-electron chi connectivity index (χ3n) is 10.1. The van der Waals surface area contributed by atoms with Crippen LogP contribution >= 0.6 is 7.82 Å². The lowest BCUT2D eigenvalue weighted by molar-refractivity contribution is -0.870. The standard InChI is InChI=1S/C50H88NO11P/c1-6-8-10-11-12-13-14-15-16-17-18-19-20-21-22-23-24-29-33-39-49(55)59-43-46(44-61-63(57,58)60-42-41-51(3,4)5)62-50(56)40-34-38-48(54)47(53)37-32-28-26-25-27-31-36-45(52)35-30-9-7-2/h9,15-16,25-28,30-32,36-37,45-48,52-54H,6-8,10-14,17-24,29,33-35,38-44H2,1-5H3/p+1/b16-15-,27-25+,28-26-,30-9-,36-31+,37-32-/t45-,46+,47+,48+/m0/s1. The van der Waals surface area contributed by atoms with E-state index in [9.17, 15) is 34.4 Å². The maximum absolute atomic E-state index is 12.8. The van der Waals surface area contributed by atoms with E-state index < -0.39 is 50.8 Å². The summed E-state index contributed by atoms with van der Waals surface area (Å²) in [7, 11) is 1.25. The highest BCUT2D eigenvalue weighted by Gasteiger charge is 2.27. The highest BCUT2D eigenvalue weighted by Crippen LogP contribution is 2.43. The second kappa shape index (κ2) is 40.8. The number of aliphatic hydroxyl groups excluding tert-OH is 3. The number of carbonyl (C=O) groups is 2. The fourth-order valence-electron chi connectivity index (χ4n) is 6.17. The van der Waals surface area contributed by atoms with Crippen molar-refractivity contribution in [2.24, 2.45) is 0 Å². The van der Waals surface area contributed by atoms with Crippen LogP contribution in [0.1, 0.15) is 162 Å². The fourth-order valence-corrected chi connectivity index (χ4v) is 6.91. The van der Waals surface area contributed by atoms with Crippen molar-refractivity contribution in [3.8, 4) is 0 Å². The van der Waals surface area contributed by atoms with Crippen LogP contribution in [0, 0.1) is 0 Å². The lowest BCUT2D eigenvalue weighted by atomic mass is 10.1. The van der Waals surface area contributed by atoms with Gasteiger partial charge in [0.15, 0.2) is 6.10 Å². The highest BCUT2D eigenvalue weighted by atomic mass is 31.2. The summed E-state index contributed by atoms with van der Waals surface area (Å²) in [6.07, 6.45) is 40.4. The monoisotopic (exact) mass is 911 g/mol. The largest absolute Gasteiger partial charge is 0.472 e. The SMILES string of the molecule is CC/C=C\C[C@H](O)/C=C/C=C/C=C\C=C/[C@@H](O)[C@H](O)CCCC(=O)O[C@H](COC(=O)CCCCCCCCCCC/C=C\CCCCCCCC)COP(=O)(O)OCC[N+](C)(C)C. The van der Waals surface area contributed by atoms with Crippen molar-refractivity contribution in [1.82, 2.24) is 0 Å². The maximum Gasteiger partial charge on any atom is 0.472 e. The van der Waals surface area contributed by atoms with E-state index in [0.717, 1.165) is 25.7 Å². The highest BCUT2D eigenvalue weighted by molar-refractivity contribution is 7.47. The van der Waals surface area contributed by atoms with E-state index in [4.69, 9.17) is 18.5 Å². The molecule has 63 heavy (non-hydrogen) atoms. The van der Waals surface area contributed by atoms with Gasteiger partial charge >= 0.3 is 19.8 Å². The topological polar surface area (TPSA) is 169 Å². The molecular formula is C50H89NO11P+. The Kier molecular flexibility index (Phi) is 39.1. The Balaban J connectivity index is 4.61. The van der Waals surface area contributed by atoms with Gasteiger partial charge in [-0.2, -0.15) is 0 Å². The summed E-state index contributed by atoms with van der Waals surface area (Å²) in [5.74, 6) is -1.14. The molecule has 0 amide bonds. The molecule has 0 bridgehead atoms. The van der Waals surface area contributed by atoms with Gasteiger partial charge in [-0.1, -0.05) is 164 Å². The number of phosphoric ester groups is 1. The number of rotatable bonds is 42. The maximum atomic E-state index is 12.8. The molecule has 0 aromatic carbocycles. The molecule has 0 spiro atoms. The van der Waals surface area contributed by atoms with E-state index in [2.05, 4.69) is 19.1 Å². The summed E-state index contributed by atoms with van der Waals surface area (Å²) in [5, 5.41) is 30.6. The Hall–Kier alpha value is -2.67. The number of hydrogen-bond donors (Lipinski definition) is 4. The number of nitrogens with zero attached hydrogens (tertiary/aromatic N) is 1.